The lowest BCUT2D eigenvalue weighted by molar-refractivity contribution is 0.0602. The van der Waals surface area contributed by atoms with Crippen LogP contribution in [0, 0.1) is 11.6 Å². The molecule has 1 aliphatic heterocycles. The smallest absolute Gasteiger partial charge is 0.258 e. The van der Waals surface area contributed by atoms with Gasteiger partial charge >= 0.3 is 0 Å². The second-order valence-electron chi connectivity index (χ2n) is 4.77. The lowest BCUT2D eigenvalue weighted by atomic mass is 9.98. The first kappa shape index (κ1) is 14.3. The minimum absolute atomic E-state index is 0.0377. The number of hydrogen-bond acceptors (Lipinski definition) is 1. The highest BCUT2D eigenvalue weighted by Crippen LogP contribution is 2.27. The van der Waals surface area contributed by atoms with Crippen molar-refractivity contribution in [1.82, 2.24) is 4.90 Å². The van der Waals surface area contributed by atoms with E-state index in [9.17, 15) is 13.6 Å². The lowest BCUT2D eigenvalue weighted by Gasteiger charge is -2.35. The molecule has 0 unspecified atom stereocenters. The largest absolute Gasteiger partial charge is 0.336 e. The fraction of sp³-hybridized carbons (Fsp3) is 0.500. The predicted molar refractivity (Wildman–Crippen MR) is 70.3 cm³/mol. The van der Waals surface area contributed by atoms with E-state index in [0.717, 1.165) is 31.7 Å². The van der Waals surface area contributed by atoms with Crippen LogP contribution in [0.4, 0.5) is 8.78 Å². The second-order valence-corrected chi connectivity index (χ2v) is 5.18. The van der Waals surface area contributed by atoms with Crippen molar-refractivity contribution in [1.29, 1.82) is 0 Å². The summed E-state index contributed by atoms with van der Waals surface area (Å²) in [6.07, 6.45) is 3.65. The van der Waals surface area contributed by atoms with Crippen molar-refractivity contribution in [2.24, 2.45) is 0 Å². The van der Waals surface area contributed by atoms with E-state index in [1.54, 1.807) is 4.90 Å². The van der Waals surface area contributed by atoms with Gasteiger partial charge in [0.05, 0.1) is 10.6 Å². The summed E-state index contributed by atoms with van der Waals surface area (Å²) >= 11 is 5.85. The summed E-state index contributed by atoms with van der Waals surface area (Å²) < 4.78 is 27.1. The van der Waals surface area contributed by atoms with Gasteiger partial charge in [-0.25, -0.2) is 8.78 Å². The summed E-state index contributed by atoms with van der Waals surface area (Å²) in [5, 5.41) is -0.0377. The van der Waals surface area contributed by atoms with E-state index in [1.165, 1.54) is 6.07 Å². The van der Waals surface area contributed by atoms with Crippen molar-refractivity contribution >= 4 is 17.5 Å². The van der Waals surface area contributed by atoms with Gasteiger partial charge < -0.3 is 4.90 Å². The number of piperidine rings is 1. The van der Waals surface area contributed by atoms with E-state index in [-0.39, 0.29) is 16.6 Å². The van der Waals surface area contributed by atoms with Crippen LogP contribution in [0.5, 0.6) is 0 Å². The van der Waals surface area contributed by atoms with Gasteiger partial charge in [-0.1, -0.05) is 18.5 Å². The van der Waals surface area contributed by atoms with E-state index in [2.05, 4.69) is 0 Å². The molecule has 2 rings (SSSR count). The van der Waals surface area contributed by atoms with Crippen LogP contribution in [0.3, 0.4) is 0 Å². The third kappa shape index (κ3) is 2.73. The van der Waals surface area contributed by atoms with Crippen molar-refractivity contribution in [3.05, 3.63) is 34.4 Å². The van der Waals surface area contributed by atoms with Gasteiger partial charge in [0.2, 0.25) is 0 Å². The molecule has 1 heterocycles. The van der Waals surface area contributed by atoms with E-state index in [1.807, 2.05) is 6.92 Å². The zero-order valence-corrected chi connectivity index (χ0v) is 11.5. The van der Waals surface area contributed by atoms with Crippen molar-refractivity contribution in [2.45, 2.75) is 38.6 Å². The Kier molecular flexibility index (Phi) is 4.40. The maximum atomic E-state index is 13.8. The van der Waals surface area contributed by atoms with E-state index in [4.69, 9.17) is 11.6 Å². The van der Waals surface area contributed by atoms with Crippen LogP contribution in [0.15, 0.2) is 12.1 Å². The van der Waals surface area contributed by atoms with Crippen LogP contribution < -0.4 is 0 Å². The van der Waals surface area contributed by atoms with Gasteiger partial charge in [0.15, 0.2) is 11.6 Å². The molecule has 0 spiro atoms. The Morgan fingerprint density at radius 2 is 2.16 bits per heavy atom. The summed E-state index contributed by atoms with van der Waals surface area (Å²) in [5.41, 5.74) is -0.345. The Labute approximate surface area is 116 Å². The van der Waals surface area contributed by atoms with Crippen LogP contribution in [-0.4, -0.2) is 23.4 Å². The molecule has 1 aromatic rings. The molecule has 1 aromatic carbocycles. The SMILES string of the molecule is CC[C@H]1CCCCN1C(=O)c1c(Cl)ccc(F)c1F. The van der Waals surface area contributed by atoms with Crippen molar-refractivity contribution in [3.63, 3.8) is 0 Å². The Hall–Kier alpha value is -1.16. The molecule has 1 atom stereocenters. The standard InChI is InChI=1S/C14H16ClF2NO/c1-2-9-5-3-4-8-18(9)14(19)12-10(15)6-7-11(16)13(12)17/h6-7,9H,2-5,8H2,1H3/t9-/m0/s1. The molecular weight excluding hydrogens is 272 g/mol. The Bertz CT molecular complexity index is 493. The molecule has 1 aliphatic rings. The molecule has 0 saturated carbocycles. The third-order valence-electron chi connectivity index (χ3n) is 3.62. The number of carbonyl (C=O) groups excluding carboxylic acids is 1. The molecule has 0 aliphatic carbocycles. The average Bonchev–Trinajstić information content (AvgIpc) is 2.43. The summed E-state index contributed by atoms with van der Waals surface area (Å²) in [6.45, 7) is 2.56. The van der Waals surface area contributed by atoms with Gasteiger partial charge in [-0.05, 0) is 37.8 Å². The highest BCUT2D eigenvalue weighted by atomic mass is 35.5. The second kappa shape index (κ2) is 5.87. The number of halogens is 3. The first-order chi connectivity index (χ1) is 9.06. The summed E-state index contributed by atoms with van der Waals surface area (Å²) in [6, 6.07) is 2.24. The van der Waals surface area contributed by atoms with Gasteiger partial charge in [-0.3, -0.25) is 4.79 Å². The molecule has 0 bridgehead atoms. The van der Waals surface area contributed by atoms with Crippen molar-refractivity contribution in [2.75, 3.05) is 6.54 Å². The zero-order valence-electron chi connectivity index (χ0n) is 10.8. The van der Waals surface area contributed by atoms with Gasteiger partial charge in [-0.2, -0.15) is 0 Å². The maximum Gasteiger partial charge on any atom is 0.258 e. The zero-order chi connectivity index (χ0) is 14.0. The quantitative estimate of drug-likeness (QED) is 0.752. The van der Waals surface area contributed by atoms with Crippen LogP contribution >= 0.6 is 11.6 Å². The Morgan fingerprint density at radius 1 is 1.42 bits per heavy atom. The number of nitrogens with zero attached hydrogens (tertiary/aromatic N) is 1. The molecule has 1 fully saturated rings. The van der Waals surface area contributed by atoms with Gasteiger partial charge in [0, 0.05) is 12.6 Å². The number of carbonyl (C=O) groups is 1. The van der Waals surface area contributed by atoms with Crippen LogP contribution in [-0.2, 0) is 0 Å². The molecule has 5 heteroatoms. The van der Waals surface area contributed by atoms with Gasteiger partial charge in [0.25, 0.3) is 5.91 Å². The minimum atomic E-state index is -1.15. The van der Waals surface area contributed by atoms with E-state index >= 15 is 0 Å². The topological polar surface area (TPSA) is 20.3 Å². The van der Waals surface area contributed by atoms with Gasteiger partial charge in [-0.15, -0.1) is 0 Å². The normalized spacial score (nSPS) is 19.6. The average molecular weight is 288 g/mol. The number of amides is 1. The van der Waals surface area contributed by atoms with E-state index < -0.39 is 17.5 Å². The summed E-state index contributed by atoms with van der Waals surface area (Å²) in [4.78, 5) is 14.0. The maximum absolute atomic E-state index is 13.8. The highest BCUT2D eigenvalue weighted by molar-refractivity contribution is 6.33. The summed E-state index contributed by atoms with van der Waals surface area (Å²) in [7, 11) is 0. The fourth-order valence-corrected chi connectivity index (χ4v) is 2.79. The molecule has 1 saturated heterocycles. The van der Waals surface area contributed by atoms with Crippen LogP contribution in [0.2, 0.25) is 5.02 Å². The number of rotatable bonds is 2. The van der Waals surface area contributed by atoms with Crippen molar-refractivity contribution < 1.29 is 13.6 Å². The first-order valence-corrected chi connectivity index (χ1v) is 6.88. The lowest BCUT2D eigenvalue weighted by Crippen LogP contribution is -2.43. The fourth-order valence-electron chi connectivity index (χ4n) is 2.56. The third-order valence-corrected chi connectivity index (χ3v) is 3.93. The molecule has 2 nitrogen and oxygen atoms in total. The first-order valence-electron chi connectivity index (χ1n) is 6.50. The van der Waals surface area contributed by atoms with Gasteiger partial charge in [0.1, 0.15) is 0 Å². The van der Waals surface area contributed by atoms with Crippen LogP contribution in [0.1, 0.15) is 43.0 Å². The predicted octanol–water partition coefficient (Wildman–Crippen LogP) is 4.02. The molecule has 0 N–H and O–H groups in total. The minimum Gasteiger partial charge on any atom is -0.336 e. The molecule has 1 amide bonds. The molecular formula is C14H16ClF2NO. The highest BCUT2D eigenvalue weighted by Gasteiger charge is 2.30. The van der Waals surface area contributed by atoms with E-state index in [0.29, 0.717) is 6.54 Å². The molecule has 0 aromatic heterocycles. The summed E-state index contributed by atoms with van der Waals surface area (Å²) in [5.74, 6) is -2.70. The Balaban J connectivity index is 2.36. The number of hydrogen-bond donors (Lipinski definition) is 0. The molecule has 104 valence electrons. The number of benzene rings is 1. The Morgan fingerprint density at radius 3 is 2.84 bits per heavy atom. The van der Waals surface area contributed by atoms with Crippen molar-refractivity contribution in [3.8, 4) is 0 Å². The van der Waals surface area contributed by atoms with Crippen LogP contribution in [0.25, 0.3) is 0 Å². The number of likely N-dealkylation sites (tertiary alicyclic amines) is 1. The molecule has 0 radical (unpaired) electrons. The molecule has 19 heavy (non-hydrogen) atoms. The monoisotopic (exact) mass is 287 g/mol.